The molecule has 0 aliphatic carbocycles. The monoisotopic (exact) mass is 964 g/mol. The second-order valence-electron chi connectivity index (χ2n) is 13.5. The number of esters is 2. The van der Waals surface area contributed by atoms with Crippen LogP contribution in [-0.2, 0) is 44.3 Å². The number of ether oxygens (including phenoxy) is 4. The molecule has 6 rings (SSSR count). The molecule has 356 valence electrons. The highest BCUT2D eigenvalue weighted by Crippen LogP contribution is 2.43. The number of hydrogen-bond donors (Lipinski definition) is 0. The molecule has 0 aromatic carbocycles. The van der Waals surface area contributed by atoms with Gasteiger partial charge >= 0.3 is 24.3 Å². The van der Waals surface area contributed by atoms with Gasteiger partial charge in [-0.2, -0.15) is 46.7 Å². The second kappa shape index (κ2) is 21.5. The van der Waals surface area contributed by atoms with Crippen molar-refractivity contribution in [2.75, 3.05) is 14.2 Å². The highest BCUT2D eigenvalue weighted by molar-refractivity contribution is 5.78. The predicted octanol–water partition coefficient (Wildman–Crippen LogP) is 8.84. The van der Waals surface area contributed by atoms with Crippen LogP contribution >= 0.6 is 0 Å². The first-order valence-corrected chi connectivity index (χ1v) is 18.8. The van der Waals surface area contributed by atoms with Crippen molar-refractivity contribution in [2.24, 2.45) is 0 Å². The fourth-order valence-electron chi connectivity index (χ4n) is 6.00. The molecule has 0 fully saturated rings. The summed E-state index contributed by atoms with van der Waals surface area (Å²) in [4.78, 5) is 46.9. The van der Waals surface area contributed by atoms with Gasteiger partial charge in [-0.05, 0) is 37.1 Å². The number of hydrogen-bond acceptors (Lipinski definition) is 14. The molecule has 0 aliphatic heterocycles. The lowest BCUT2D eigenvalue weighted by Gasteiger charge is -2.18. The van der Waals surface area contributed by atoms with Crippen LogP contribution < -0.4 is 9.47 Å². The van der Waals surface area contributed by atoms with Gasteiger partial charge in [-0.25, -0.2) is 37.2 Å². The summed E-state index contributed by atoms with van der Waals surface area (Å²) in [6.07, 6.45) is -10.5. The van der Waals surface area contributed by atoms with Gasteiger partial charge in [-0.3, -0.25) is 19.6 Å². The average Bonchev–Trinajstić information content (AvgIpc) is 4.04. The van der Waals surface area contributed by atoms with Crippen molar-refractivity contribution >= 4 is 23.3 Å². The zero-order valence-corrected chi connectivity index (χ0v) is 35.1. The number of alkyl halides is 10. The van der Waals surface area contributed by atoms with Crippen molar-refractivity contribution in [3.05, 3.63) is 129 Å². The molecule has 0 aliphatic rings. The third-order valence-electron chi connectivity index (χ3n) is 9.14. The Morgan fingerprint density at radius 1 is 0.603 bits per heavy atom. The van der Waals surface area contributed by atoms with Crippen LogP contribution in [0.25, 0.3) is 21.3 Å². The summed E-state index contributed by atoms with van der Waals surface area (Å²) in [7, 11) is 2.51. The van der Waals surface area contributed by atoms with Crippen molar-refractivity contribution in [1.29, 1.82) is 0 Å². The second-order valence-corrected chi connectivity index (χ2v) is 13.5. The van der Waals surface area contributed by atoms with Gasteiger partial charge < -0.3 is 18.9 Å². The van der Waals surface area contributed by atoms with Crippen molar-refractivity contribution in [3.8, 4) is 23.1 Å². The Morgan fingerprint density at radius 3 is 1.22 bits per heavy atom. The zero-order chi connectivity index (χ0) is 50.1. The van der Waals surface area contributed by atoms with Crippen molar-refractivity contribution < 1.29 is 72.4 Å². The maximum absolute atomic E-state index is 13.5. The molecule has 28 heteroatoms. The van der Waals surface area contributed by atoms with Gasteiger partial charge in [0, 0.05) is 37.7 Å². The van der Waals surface area contributed by atoms with E-state index in [0.717, 1.165) is 24.8 Å². The van der Waals surface area contributed by atoms with Crippen LogP contribution in [0.5, 0.6) is 11.5 Å². The van der Waals surface area contributed by atoms with Crippen molar-refractivity contribution in [1.82, 2.24) is 49.9 Å². The van der Waals surface area contributed by atoms with Gasteiger partial charge in [-0.15, -0.1) is 9.59 Å². The number of rotatable bonds is 14. The lowest BCUT2D eigenvalue weighted by atomic mass is 10.1. The van der Waals surface area contributed by atoms with Crippen molar-refractivity contribution in [3.63, 3.8) is 0 Å². The number of nitrogens with zero attached hydrogens (tertiary/aromatic N) is 12. The zero-order valence-electron chi connectivity index (χ0n) is 35.1. The van der Waals surface area contributed by atoms with Gasteiger partial charge in [0.2, 0.25) is 11.4 Å². The summed E-state index contributed by atoms with van der Waals surface area (Å²) < 4.78 is 155. The third-order valence-corrected chi connectivity index (χ3v) is 9.14. The number of methoxy groups -OCH3 is 2. The molecule has 0 unspecified atom stereocenters. The predicted molar refractivity (Wildman–Crippen MR) is 209 cm³/mol. The molecule has 0 saturated carbocycles. The largest absolute Gasteiger partial charge is 0.426 e. The Bertz CT molecular complexity index is 2640. The Labute approximate surface area is 376 Å². The molecule has 6 heterocycles. The number of aromatic nitrogens is 10. The minimum atomic E-state index is -4.82. The number of pyridine rings is 4. The highest BCUT2D eigenvalue weighted by atomic mass is 19.4. The smallest absolute Gasteiger partial charge is 0.420 e. The summed E-state index contributed by atoms with van der Waals surface area (Å²) in [5.41, 5.74) is -5.60. The number of carbonyl (C=O) groups is 2. The normalized spacial score (nSPS) is 12.4. The Kier molecular flexibility index (Phi) is 16.2. The summed E-state index contributed by atoms with van der Waals surface area (Å²) in [6, 6.07) is 1.41. The van der Waals surface area contributed by atoms with E-state index in [4.69, 9.17) is 32.1 Å². The molecular weight excluding hydrogens is 934 g/mol. The lowest BCUT2D eigenvalue weighted by molar-refractivity contribution is -0.138. The Morgan fingerprint density at radius 2 is 0.941 bits per heavy atom. The van der Waals surface area contributed by atoms with E-state index in [0.29, 0.717) is 21.7 Å². The Hall–Kier alpha value is -7.98. The molecule has 0 N–H and O–H groups in total. The molecule has 18 nitrogen and oxygen atoms in total. The lowest BCUT2D eigenvalue weighted by Crippen LogP contribution is -2.18. The van der Waals surface area contributed by atoms with Crippen molar-refractivity contribution in [2.45, 2.75) is 64.1 Å². The van der Waals surface area contributed by atoms with Crippen LogP contribution in [0.2, 0.25) is 0 Å². The van der Waals surface area contributed by atoms with Crippen LogP contribution in [0.4, 0.5) is 55.3 Å². The molecule has 0 radical (unpaired) electrons. The van der Waals surface area contributed by atoms with E-state index in [1.54, 1.807) is 0 Å². The molecule has 0 bridgehead atoms. The van der Waals surface area contributed by atoms with E-state index < -0.39 is 108 Å². The minimum absolute atomic E-state index is 0.134. The van der Waals surface area contributed by atoms with E-state index in [1.165, 1.54) is 52.9 Å². The standard InChI is InChI=1S/2C20H15F5N6O3/c2*1-10(33-3)15-13(9-27-17(18(21)22)16(15)26-2)34-14(32)7-11-6-12(20(23,24)25)19(28-8-11)31-29-4-5-30-31/h2*4-6,8-10,18H,7H2,1,3H3/t2*10-/m10/s1. The molecule has 6 aromatic rings. The maximum atomic E-state index is 13.5. The van der Waals surface area contributed by atoms with Gasteiger partial charge in [0.25, 0.3) is 12.9 Å². The molecule has 68 heavy (non-hydrogen) atoms. The van der Waals surface area contributed by atoms with E-state index in [2.05, 4.69) is 50.0 Å². The van der Waals surface area contributed by atoms with Crippen LogP contribution in [0.15, 0.2) is 61.7 Å². The van der Waals surface area contributed by atoms with Gasteiger partial charge in [-0.1, -0.05) is 0 Å². The van der Waals surface area contributed by atoms with E-state index in [-0.39, 0.29) is 33.8 Å². The Balaban J connectivity index is 0.000000254. The van der Waals surface area contributed by atoms with E-state index >= 15 is 0 Å². The summed E-state index contributed by atoms with van der Waals surface area (Å²) >= 11 is 0. The SMILES string of the molecule is [C-]#[N+]c1c(C(F)F)ncc(OC(=O)Cc2cnc(-n3nccn3)c(C(F)(F)F)c2)c1[C@@H](C)OC.[C-]#[N+]c1c(C(F)F)ncc(OC(=O)Cc2cnc(-n3nccn3)c(C(F)(F)F)c2)c1[C@H](C)OC. The number of carbonyl (C=O) groups excluding carboxylic acids is 2. The van der Waals surface area contributed by atoms with Gasteiger partial charge in [0.05, 0.1) is 75.4 Å². The molecule has 0 amide bonds. The molecular formula is C40H30F10N12O6. The highest BCUT2D eigenvalue weighted by Gasteiger charge is 2.38. The summed E-state index contributed by atoms with van der Waals surface area (Å²) in [5, 5.41) is 14.5. The maximum Gasteiger partial charge on any atom is 0.420 e. The summed E-state index contributed by atoms with van der Waals surface area (Å²) in [5.74, 6) is -3.88. The first-order valence-electron chi connectivity index (χ1n) is 18.8. The molecule has 0 spiro atoms. The topological polar surface area (TPSA) is 193 Å². The van der Waals surface area contributed by atoms with Gasteiger partial charge in [0.15, 0.2) is 11.6 Å². The molecule has 0 saturated heterocycles. The minimum Gasteiger partial charge on any atom is -0.426 e. The fourth-order valence-corrected chi connectivity index (χ4v) is 6.00. The van der Waals surface area contributed by atoms with Crippen LogP contribution in [0.3, 0.4) is 0 Å². The number of halogens is 10. The van der Waals surface area contributed by atoms with Gasteiger partial charge in [0.1, 0.15) is 34.0 Å². The molecule has 6 aromatic heterocycles. The van der Waals surface area contributed by atoms with Crippen LogP contribution in [0, 0.1) is 13.1 Å². The first-order chi connectivity index (χ1) is 32.1. The quantitative estimate of drug-likeness (QED) is 0.0571. The van der Waals surface area contributed by atoms with E-state index in [1.807, 2.05) is 0 Å². The van der Waals surface area contributed by atoms with Crippen LogP contribution in [0.1, 0.15) is 83.7 Å². The van der Waals surface area contributed by atoms with Crippen LogP contribution in [-0.4, -0.2) is 76.1 Å². The first kappa shape index (κ1) is 51.0. The van der Waals surface area contributed by atoms with E-state index in [9.17, 15) is 53.5 Å². The summed E-state index contributed by atoms with van der Waals surface area (Å²) in [6.45, 7) is 17.4. The fraction of sp³-hybridized carbons (Fsp3) is 0.300. The average molecular weight is 965 g/mol. The molecule has 2 atom stereocenters. The third kappa shape index (κ3) is 11.9.